The van der Waals surface area contributed by atoms with Gasteiger partial charge in [-0.1, -0.05) is 166 Å². The van der Waals surface area contributed by atoms with E-state index in [2.05, 4.69) is 43.5 Å². The van der Waals surface area contributed by atoms with E-state index in [-0.39, 0.29) is 18.9 Å². The van der Waals surface area contributed by atoms with Crippen LogP contribution in [0.25, 0.3) is 0 Å². The minimum Gasteiger partial charge on any atom is -0.394 e. The molecule has 0 radical (unpaired) electrons. The lowest BCUT2D eigenvalue weighted by Crippen LogP contribution is -2.45. The van der Waals surface area contributed by atoms with Crippen LogP contribution in [0, 0.1) is 0 Å². The van der Waals surface area contributed by atoms with Gasteiger partial charge in [0.15, 0.2) is 0 Å². The highest BCUT2D eigenvalue weighted by atomic mass is 16.3. The fourth-order valence-corrected chi connectivity index (χ4v) is 5.83. The molecule has 0 fully saturated rings. The molecule has 3 unspecified atom stereocenters. The summed E-state index contributed by atoms with van der Waals surface area (Å²) in [5.41, 5.74) is 0. The number of hydrogen-bond donors (Lipinski definition) is 4. The van der Waals surface area contributed by atoms with Gasteiger partial charge >= 0.3 is 0 Å². The smallest absolute Gasteiger partial charge is 0.222 e. The zero-order valence-corrected chi connectivity index (χ0v) is 30.5. The topological polar surface area (TPSA) is 89.8 Å². The van der Waals surface area contributed by atoms with Crippen LogP contribution in [-0.2, 0) is 4.79 Å². The summed E-state index contributed by atoms with van der Waals surface area (Å²) in [6.07, 6.45) is 44.3. The number of allylic oxidation sites excluding steroid dienone is 5. The maximum atomic E-state index is 12.3. The molecular formula is C41H77NO4. The van der Waals surface area contributed by atoms with Crippen LogP contribution in [0.4, 0.5) is 0 Å². The molecule has 0 aromatic carbocycles. The van der Waals surface area contributed by atoms with Gasteiger partial charge in [0.25, 0.3) is 0 Å². The van der Waals surface area contributed by atoms with Gasteiger partial charge in [-0.3, -0.25) is 4.79 Å². The lowest BCUT2D eigenvalue weighted by molar-refractivity contribution is -0.124. The van der Waals surface area contributed by atoms with Crippen LogP contribution in [0.2, 0.25) is 0 Å². The Morgan fingerprint density at radius 1 is 0.543 bits per heavy atom. The van der Waals surface area contributed by atoms with Crippen molar-refractivity contribution in [2.75, 3.05) is 6.61 Å². The zero-order valence-electron chi connectivity index (χ0n) is 30.5. The van der Waals surface area contributed by atoms with Gasteiger partial charge in [0, 0.05) is 0 Å². The van der Waals surface area contributed by atoms with Crippen molar-refractivity contribution in [3.05, 3.63) is 36.5 Å². The second kappa shape index (κ2) is 36.4. The number of hydrogen-bond acceptors (Lipinski definition) is 4. The van der Waals surface area contributed by atoms with Crippen molar-refractivity contribution in [3.63, 3.8) is 0 Å². The highest BCUT2D eigenvalue weighted by Crippen LogP contribution is 2.14. The van der Waals surface area contributed by atoms with Gasteiger partial charge in [0.2, 0.25) is 5.91 Å². The summed E-state index contributed by atoms with van der Waals surface area (Å²) in [7, 11) is 0. The van der Waals surface area contributed by atoms with E-state index < -0.39 is 18.2 Å². The first-order valence-corrected chi connectivity index (χ1v) is 19.8. The highest BCUT2D eigenvalue weighted by Gasteiger charge is 2.19. The predicted octanol–water partition coefficient (Wildman–Crippen LogP) is 10.8. The standard InChI is InChI=1S/C41H77NO4/c1-3-5-7-9-11-13-15-16-17-18-19-20-21-22-23-25-27-29-31-33-35-40(45)39(37-43)42-41(46)36-38(44)34-32-30-28-26-24-14-12-10-8-6-4-2/h25-28,33,35,38-40,43-45H,3-24,29-32,34,36-37H2,1-2H3,(H,42,46)/b27-25+,28-26-,35-33+. The van der Waals surface area contributed by atoms with Crippen LogP contribution in [0.1, 0.15) is 194 Å². The van der Waals surface area contributed by atoms with Crippen LogP contribution < -0.4 is 5.32 Å². The summed E-state index contributed by atoms with van der Waals surface area (Å²) in [6.45, 7) is 4.17. The molecule has 0 aromatic rings. The average Bonchev–Trinajstić information content (AvgIpc) is 3.05. The Labute approximate surface area is 285 Å². The quantitative estimate of drug-likeness (QED) is 0.0407. The highest BCUT2D eigenvalue weighted by molar-refractivity contribution is 5.76. The van der Waals surface area contributed by atoms with E-state index in [1.807, 2.05) is 6.08 Å². The van der Waals surface area contributed by atoms with E-state index >= 15 is 0 Å². The van der Waals surface area contributed by atoms with Crippen molar-refractivity contribution < 1.29 is 20.1 Å². The second-order valence-corrected chi connectivity index (χ2v) is 13.5. The summed E-state index contributed by atoms with van der Waals surface area (Å²) in [5, 5.41) is 33.0. The van der Waals surface area contributed by atoms with E-state index in [0.717, 1.165) is 38.5 Å². The molecule has 0 rings (SSSR count). The largest absolute Gasteiger partial charge is 0.394 e. The summed E-state index contributed by atoms with van der Waals surface area (Å²) >= 11 is 0. The van der Waals surface area contributed by atoms with Gasteiger partial charge in [-0.25, -0.2) is 0 Å². The van der Waals surface area contributed by atoms with Gasteiger partial charge < -0.3 is 20.6 Å². The third-order valence-electron chi connectivity index (χ3n) is 8.90. The van der Waals surface area contributed by atoms with Crippen molar-refractivity contribution >= 4 is 5.91 Å². The lowest BCUT2D eigenvalue weighted by atomic mass is 10.0. The van der Waals surface area contributed by atoms with Crippen molar-refractivity contribution in [1.82, 2.24) is 5.32 Å². The SMILES string of the molecule is CCCCCCCC/C=C\CCCC(O)CC(=O)NC(CO)C(O)/C=C/CC/C=C/CCCCCCCCCCCCCCCC. The van der Waals surface area contributed by atoms with Crippen molar-refractivity contribution in [2.45, 2.75) is 212 Å². The van der Waals surface area contributed by atoms with E-state index in [1.54, 1.807) is 6.08 Å². The molecule has 0 heterocycles. The molecule has 0 aliphatic rings. The van der Waals surface area contributed by atoms with E-state index in [9.17, 15) is 20.1 Å². The summed E-state index contributed by atoms with van der Waals surface area (Å²) in [4.78, 5) is 12.3. The van der Waals surface area contributed by atoms with Crippen LogP contribution in [-0.4, -0.2) is 46.1 Å². The third-order valence-corrected chi connectivity index (χ3v) is 8.90. The Kier molecular flexibility index (Phi) is 35.3. The van der Waals surface area contributed by atoms with Crippen LogP contribution in [0.3, 0.4) is 0 Å². The van der Waals surface area contributed by atoms with Gasteiger partial charge in [-0.2, -0.15) is 0 Å². The molecule has 0 spiro atoms. The number of carbonyl (C=O) groups excluding carboxylic acids is 1. The molecule has 0 aromatic heterocycles. The second-order valence-electron chi connectivity index (χ2n) is 13.5. The fourth-order valence-electron chi connectivity index (χ4n) is 5.83. The third kappa shape index (κ3) is 32.5. The zero-order chi connectivity index (χ0) is 33.8. The predicted molar refractivity (Wildman–Crippen MR) is 199 cm³/mol. The number of unbranched alkanes of at least 4 members (excludes halogenated alkanes) is 22. The number of carbonyl (C=O) groups is 1. The minimum atomic E-state index is -0.956. The number of amides is 1. The molecule has 3 atom stereocenters. The molecule has 1 amide bonds. The molecule has 0 saturated carbocycles. The van der Waals surface area contributed by atoms with Gasteiger partial charge in [-0.05, 0) is 57.8 Å². The van der Waals surface area contributed by atoms with Crippen molar-refractivity contribution in [3.8, 4) is 0 Å². The molecule has 0 aliphatic carbocycles. The maximum Gasteiger partial charge on any atom is 0.222 e. The fraction of sp³-hybridized carbons (Fsp3) is 0.829. The number of aliphatic hydroxyl groups excluding tert-OH is 3. The summed E-state index contributed by atoms with van der Waals surface area (Å²) < 4.78 is 0. The van der Waals surface area contributed by atoms with Crippen LogP contribution in [0.5, 0.6) is 0 Å². The van der Waals surface area contributed by atoms with Gasteiger partial charge in [0.05, 0.1) is 31.3 Å². The molecule has 0 bridgehead atoms. The molecule has 5 nitrogen and oxygen atoms in total. The molecule has 0 aliphatic heterocycles. The Morgan fingerprint density at radius 3 is 1.39 bits per heavy atom. The summed E-state index contributed by atoms with van der Waals surface area (Å²) in [5.74, 6) is -0.343. The average molecular weight is 648 g/mol. The minimum absolute atomic E-state index is 0.0154. The number of rotatable bonds is 35. The summed E-state index contributed by atoms with van der Waals surface area (Å²) in [6, 6.07) is -0.767. The van der Waals surface area contributed by atoms with Crippen LogP contribution in [0.15, 0.2) is 36.5 Å². The first kappa shape index (κ1) is 44.6. The van der Waals surface area contributed by atoms with Crippen molar-refractivity contribution in [1.29, 1.82) is 0 Å². The van der Waals surface area contributed by atoms with Crippen LogP contribution >= 0.6 is 0 Å². The Balaban J connectivity index is 3.77. The van der Waals surface area contributed by atoms with E-state index in [0.29, 0.717) is 6.42 Å². The van der Waals surface area contributed by atoms with E-state index in [1.165, 1.54) is 128 Å². The normalized spacial score (nSPS) is 14.1. The molecule has 0 saturated heterocycles. The number of nitrogens with one attached hydrogen (secondary N) is 1. The van der Waals surface area contributed by atoms with Gasteiger partial charge in [-0.15, -0.1) is 0 Å². The monoisotopic (exact) mass is 648 g/mol. The molecule has 270 valence electrons. The molecular weight excluding hydrogens is 570 g/mol. The molecule has 5 heteroatoms. The Hall–Kier alpha value is -1.43. The molecule has 4 N–H and O–H groups in total. The molecule has 46 heavy (non-hydrogen) atoms. The Morgan fingerprint density at radius 2 is 0.935 bits per heavy atom. The van der Waals surface area contributed by atoms with Gasteiger partial charge in [0.1, 0.15) is 0 Å². The first-order chi connectivity index (χ1) is 22.5. The first-order valence-electron chi connectivity index (χ1n) is 19.8. The lowest BCUT2D eigenvalue weighted by Gasteiger charge is -2.20. The maximum absolute atomic E-state index is 12.3. The van der Waals surface area contributed by atoms with E-state index in [4.69, 9.17) is 0 Å². The van der Waals surface area contributed by atoms with Crippen molar-refractivity contribution in [2.24, 2.45) is 0 Å². The Bertz CT molecular complexity index is 719. The number of aliphatic hydroxyl groups is 3.